The van der Waals surface area contributed by atoms with Gasteiger partial charge in [0, 0.05) is 19.0 Å². The molecule has 1 saturated carbocycles. The highest BCUT2D eigenvalue weighted by atomic mass is 16.2. The number of nitrogens with one attached hydrogen (secondary N) is 1. The van der Waals surface area contributed by atoms with Crippen LogP contribution in [0.4, 0.5) is 0 Å². The highest BCUT2D eigenvalue weighted by Crippen LogP contribution is 2.39. The molecule has 2 aliphatic heterocycles. The fourth-order valence-corrected chi connectivity index (χ4v) is 4.86. The van der Waals surface area contributed by atoms with Gasteiger partial charge in [-0.25, -0.2) is 0 Å². The van der Waals surface area contributed by atoms with E-state index in [1.165, 1.54) is 44.9 Å². The number of rotatable bonds is 3. The predicted octanol–water partition coefficient (Wildman–Crippen LogP) is 3.19. The van der Waals surface area contributed by atoms with E-state index in [0.29, 0.717) is 11.9 Å². The van der Waals surface area contributed by atoms with E-state index in [0.717, 1.165) is 50.2 Å². The predicted molar refractivity (Wildman–Crippen MR) is 86.1 cm³/mol. The summed E-state index contributed by atoms with van der Waals surface area (Å²) in [7, 11) is 0. The third kappa shape index (κ3) is 3.61. The van der Waals surface area contributed by atoms with Crippen molar-refractivity contribution in [2.75, 3.05) is 19.6 Å². The summed E-state index contributed by atoms with van der Waals surface area (Å²) in [5.74, 6) is 2.78. The maximum absolute atomic E-state index is 12.7. The van der Waals surface area contributed by atoms with E-state index in [9.17, 15) is 4.79 Å². The highest BCUT2D eigenvalue weighted by Gasteiger charge is 2.39. The minimum Gasteiger partial charge on any atom is -0.339 e. The number of amides is 1. The van der Waals surface area contributed by atoms with Crippen LogP contribution in [0.25, 0.3) is 0 Å². The fourth-order valence-electron chi connectivity index (χ4n) is 4.86. The minimum absolute atomic E-state index is 0.448. The van der Waals surface area contributed by atoms with E-state index < -0.39 is 0 Å². The number of carbonyl (C=O) groups excluding carboxylic acids is 1. The second-order valence-corrected chi connectivity index (χ2v) is 7.62. The van der Waals surface area contributed by atoms with Gasteiger partial charge in [0.25, 0.3) is 0 Å². The summed E-state index contributed by atoms with van der Waals surface area (Å²) in [4.78, 5) is 15.0. The first-order chi connectivity index (χ1) is 10.3. The SMILES string of the molecule is CC1CCN(C(=O)CCC2CCCNC2)C2CCCCC12. The molecule has 1 N–H and O–H groups in total. The van der Waals surface area contributed by atoms with Gasteiger partial charge in [-0.05, 0) is 69.4 Å². The summed E-state index contributed by atoms with van der Waals surface area (Å²) < 4.78 is 0. The maximum Gasteiger partial charge on any atom is 0.222 e. The number of piperidine rings is 2. The topological polar surface area (TPSA) is 32.3 Å². The lowest BCUT2D eigenvalue weighted by molar-refractivity contribution is -0.139. The average molecular weight is 292 g/mol. The van der Waals surface area contributed by atoms with Crippen molar-refractivity contribution in [1.82, 2.24) is 10.2 Å². The van der Waals surface area contributed by atoms with E-state index in [1.54, 1.807) is 0 Å². The number of carbonyl (C=O) groups is 1. The molecular formula is C18H32N2O. The molecule has 3 aliphatic rings. The molecule has 2 saturated heterocycles. The molecule has 0 spiro atoms. The Bertz CT molecular complexity index is 351. The second-order valence-electron chi connectivity index (χ2n) is 7.62. The molecule has 2 heterocycles. The van der Waals surface area contributed by atoms with Gasteiger partial charge >= 0.3 is 0 Å². The lowest BCUT2D eigenvalue weighted by Crippen LogP contribution is -2.52. The Morgan fingerprint density at radius 3 is 2.81 bits per heavy atom. The summed E-state index contributed by atoms with van der Waals surface area (Å²) in [5, 5.41) is 3.46. The van der Waals surface area contributed by atoms with Gasteiger partial charge in [-0.15, -0.1) is 0 Å². The van der Waals surface area contributed by atoms with Gasteiger partial charge in [0.1, 0.15) is 0 Å². The van der Waals surface area contributed by atoms with Crippen LogP contribution in [0.3, 0.4) is 0 Å². The first-order valence-corrected chi connectivity index (χ1v) is 9.26. The zero-order valence-corrected chi connectivity index (χ0v) is 13.7. The molecule has 3 fully saturated rings. The van der Waals surface area contributed by atoms with Crippen molar-refractivity contribution < 1.29 is 4.79 Å². The Labute approximate surface area is 129 Å². The summed E-state index contributed by atoms with van der Waals surface area (Å²) in [5.41, 5.74) is 0. The van der Waals surface area contributed by atoms with Crippen molar-refractivity contribution in [3.63, 3.8) is 0 Å². The monoisotopic (exact) mass is 292 g/mol. The highest BCUT2D eigenvalue weighted by molar-refractivity contribution is 5.76. The molecule has 0 radical (unpaired) electrons. The molecule has 4 unspecified atom stereocenters. The van der Waals surface area contributed by atoms with Gasteiger partial charge in [-0.2, -0.15) is 0 Å². The number of likely N-dealkylation sites (tertiary alicyclic amines) is 1. The van der Waals surface area contributed by atoms with E-state index in [1.807, 2.05) is 0 Å². The van der Waals surface area contributed by atoms with Gasteiger partial charge in [0.05, 0.1) is 0 Å². The zero-order valence-electron chi connectivity index (χ0n) is 13.7. The molecule has 3 rings (SSSR count). The average Bonchev–Trinajstić information content (AvgIpc) is 2.54. The lowest BCUT2D eigenvalue weighted by atomic mass is 9.72. The number of nitrogens with zero attached hydrogens (tertiary/aromatic N) is 1. The summed E-state index contributed by atoms with van der Waals surface area (Å²) in [6, 6.07) is 0.569. The Morgan fingerprint density at radius 2 is 2.00 bits per heavy atom. The van der Waals surface area contributed by atoms with Crippen molar-refractivity contribution in [3.8, 4) is 0 Å². The van der Waals surface area contributed by atoms with Gasteiger partial charge in [-0.1, -0.05) is 19.8 Å². The van der Waals surface area contributed by atoms with Crippen molar-refractivity contribution >= 4 is 5.91 Å². The molecule has 0 aromatic carbocycles. The van der Waals surface area contributed by atoms with Crippen LogP contribution >= 0.6 is 0 Å². The molecule has 120 valence electrons. The normalized spacial score (nSPS) is 37.1. The smallest absolute Gasteiger partial charge is 0.222 e. The fraction of sp³-hybridized carbons (Fsp3) is 0.944. The standard InChI is InChI=1S/C18H32N2O/c1-14-10-12-20(17-7-3-2-6-16(14)17)18(21)9-8-15-5-4-11-19-13-15/h14-17,19H,2-13H2,1H3. The molecule has 0 aromatic rings. The molecule has 1 amide bonds. The van der Waals surface area contributed by atoms with Crippen LogP contribution in [-0.2, 0) is 4.79 Å². The zero-order chi connectivity index (χ0) is 14.7. The van der Waals surface area contributed by atoms with Gasteiger partial charge < -0.3 is 10.2 Å². The molecule has 3 nitrogen and oxygen atoms in total. The quantitative estimate of drug-likeness (QED) is 0.866. The Kier molecular flexibility index (Phi) is 5.20. The second kappa shape index (κ2) is 7.13. The Balaban J connectivity index is 1.53. The lowest BCUT2D eigenvalue weighted by Gasteiger charge is -2.47. The Hall–Kier alpha value is -0.570. The van der Waals surface area contributed by atoms with Crippen LogP contribution in [0, 0.1) is 17.8 Å². The largest absolute Gasteiger partial charge is 0.339 e. The van der Waals surface area contributed by atoms with Crippen LogP contribution in [0.15, 0.2) is 0 Å². The molecule has 1 aliphatic carbocycles. The minimum atomic E-state index is 0.448. The molecule has 21 heavy (non-hydrogen) atoms. The van der Waals surface area contributed by atoms with Crippen molar-refractivity contribution in [1.29, 1.82) is 0 Å². The van der Waals surface area contributed by atoms with Crippen molar-refractivity contribution in [2.45, 2.75) is 70.8 Å². The van der Waals surface area contributed by atoms with Gasteiger partial charge in [-0.3, -0.25) is 4.79 Å². The summed E-state index contributed by atoms with van der Waals surface area (Å²) in [6.07, 6.45) is 11.0. The maximum atomic E-state index is 12.7. The third-order valence-electron chi connectivity index (χ3n) is 6.22. The van der Waals surface area contributed by atoms with E-state index in [2.05, 4.69) is 17.1 Å². The van der Waals surface area contributed by atoms with Crippen molar-refractivity contribution in [2.24, 2.45) is 17.8 Å². The number of hydrogen-bond acceptors (Lipinski definition) is 2. The third-order valence-corrected chi connectivity index (χ3v) is 6.22. The van der Waals surface area contributed by atoms with E-state index in [-0.39, 0.29) is 0 Å². The van der Waals surface area contributed by atoms with Gasteiger partial charge in [0.2, 0.25) is 5.91 Å². The Morgan fingerprint density at radius 1 is 1.14 bits per heavy atom. The summed E-state index contributed by atoms with van der Waals surface area (Å²) in [6.45, 7) is 5.71. The van der Waals surface area contributed by atoms with Crippen LogP contribution in [0.1, 0.15) is 64.7 Å². The van der Waals surface area contributed by atoms with Crippen LogP contribution in [0.5, 0.6) is 0 Å². The van der Waals surface area contributed by atoms with Crippen LogP contribution in [-0.4, -0.2) is 36.5 Å². The first-order valence-electron chi connectivity index (χ1n) is 9.26. The number of fused-ring (bicyclic) bond motifs is 1. The molecule has 4 atom stereocenters. The van der Waals surface area contributed by atoms with Crippen LogP contribution < -0.4 is 5.32 Å². The molecule has 0 aromatic heterocycles. The van der Waals surface area contributed by atoms with Crippen LogP contribution in [0.2, 0.25) is 0 Å². The number of hydrogen-bond donors (Lipinski definition) is 1. The molecule has 0 bridgehead atoms. The first kappa shape index (κ1) is 15.3. The molecular weight excluding hydrogens is 260 g/mol. The van der Waals surface area contributed by atoms with Crippen molar-refractivity contribution in [3.05, 3.63) is 0 Å². The van der Waals surface area contributed by atoms with Gasteiger partial charge in [0.15, 0.2) is 0 Å². The van der Waals surface area contributed by atoms with E-state index in [4.69, 9.17) is 0 Å². The molecule has 3 heteroatoms. The summed E-state index contributed by atoms with van der Waals surface area (Å²) >= 11 is 0. The van der Waals surface area contributed by atoms with E-state index >= 15 is 0 Å².